The molecule has 0 atom stereocenters. The van der Waals surface area contributed by atoms with Crippen molar-refractivity contribution in [1.82, 2.24) is 9.97 Å². The zero-order valence-corrected chi connectivity index (χ0v) is 14.3. The highest BCUT2D eigenvalue weighted by Crippen LogP contribution is 2.15. The van der Waals surface area contributed by atoms with E-state index in [1.54, 1.807) is 19.3 Å². The lowest BCUT2D eigenvalue weighted by Gasteiger charge is -2.21. The molecular formula is C17H18N4O5. The summed E-state index contributed by atoms with van der Waals surface area (Å²) in [5, 5.41) is 11.9. The second-order valence-electron chi connectivity index (χ2n) is 5.26. The molecule has 0 aromatic carbocycles. The van der Waals surface area contributed by atoms with E-state index >= 15 is 0 Å². The van der Waals surface area contributed by atoms with Gasteiger partial charge in [0.2, 0.25) is 5.91 Å². The van der Waals surface area contributed by atoms with Crippen molar-refractivity contribution in [3.63, 3.8) is 0 Å². The van der Waals surface area contributed by atoms with Crippen LogP contribution in [0.4, 0.5) is 11.4 Å². The van der Waals surface area contributed by atoms with E-state index in [1.807, 2.05) is 0 Å². The van der Waals surface area contributed by atoms with Crippen LogP contribution in [0.3, 0.4) is 0 Å². The molecule has 0 saturated carbocycles. The molecule has 2 aromatic rings. The standard InChI is InChI=1S/C17H18N4O5/c1-11(22)21(15-6-12(16(23)24)7-20-10-15)3-4-26-17(25)13-5-14(18-2)9-19-8-13/h5-10,18H,3-4H2,1-2H3,(H,23,24). The van der Waals surface area contributed by atoms with Crippen LogP contribution in [0.1, 0.15) is 27.6 Å². The molecule has 2 aromatic heterocycles. The molecule has 9 heteroatoms. The number of aromatic carboxylic acids is 1. The first-order valence-corrected chi connectivity index (χ1v) is 7.68. The van der Waals surface area contributed by atoms with Crippen molar-refractivity contribution >= 4 is 29.2 Å². The molecule has 0 aliphatic rings. The molecule has 1 amide bonds. The number of carbonyl (C=O) groups excluding carboxylic acids is 2. The van der Waals surface area contributed by atoms with E-state index in [0.29, 0.717) is 11.4 Å². The lowest BCUT2D eigenvalue weighted by Crippen LogP contribution is -2.32. The van der Waals surface area contributed by atoms with Gasteiger partial charge >= 0.3 is 11.9 Å². The number of pyridine rings is 2. The number of hydrogen-bond donors (Lipinski definition) is 2. The van der Waals surface area contributed by atoms with Crippen LogP contribution in [0.5, 0.6) is 0 Å². The fraction of sp³-hybridized carbons (Fsp3) is 0.235. The van der Waals surface area contributed by atoms with Gasteiger partial charge in [-0.3, -0.25) is 14.8 Å². The number of amides is 1. The number of aromatic nitrogens is 2. The average molecular weight is 358 g/mol. The Balaban J connectivity index is 2.03. The monoisotopic (exact) mass is 358 g/mol. The second kappa shape index (κ2) is 8.56. The van der Waals surface area contributed by atoms with Gasteiger partial charge in [-0.25, -0.2) is 9.59 Å². The van der Waals surface area contributed by atoms with Crippen LogP contribution in [0.25, 0.3) is 0 Å². The van der Waals surface area contributed by atoms with Crippen molar-refractivity contribution in [3.05, 3.63) is 48.0 Å². The van der Waals surface area contributed by atoms with E-state index in [0.717, 1.165) is 0 Å². The topological polar surface area (TPSA) is 122 Å². The number of nitrogens with one attached hydrogen (secondary N) is 1. The number of anilines is 2. The SMILES string of the molecule is CNc1cncc(C(=O)OCCN(C(C)=O)c2cncc(C(=O)O)c2)c1. The third-order valence-corrected chi connectivity index (χ3v) is 3.47. The summed E-state index contributed by atoms with van der Waals surface area (Å²) in [6.45, 7) is 1.32. The third kappa shape index (κ3) is 4.76. The number of carboxylic acids is 1. The van der Waals surface area contributed by atoms with Gasteiger partial charge in [0.25, 0.3) is 0 Å². The summed E-state index contributed by atoms with van der Waals surface area (Å²) in [6.07, 6.45) is 5.50. The van der Waals surface area contributed by atoms with Crippen molar-refractivity contribution in [2.45, 2.75) is 6.92 Å². The Morgan fingerprint density at radius 3 is 2.46 bits per heavy atom. The molecule has 0 aliphatic carbocycles. The molecule has 0 saturated heterocycles. The van der Waals surface area contributed by atoms with E-state index in [1.165, 1.54) is 36.5 Å². The fourth-order valence-electron chi connectivity index (χ4n) is 2.16. The Hall–Kier alpha value is -3.49. The van der Waals surface area contributed by atoms with Crippen molar-refractivity contribution in [3.8, 4) is 0 Å². The third-order valence-electron chi connectivity index (χ3n) is 3.47. The molecule has 9 nitrogen and oxygen atoms in total. The van der Waals surface area contributed by atoms with E-state index < -0.39 is 11.9 Å². The Morgan fingerprint density at radius 2 is 1.81 bits per heavy atom. The van der Waals surface area contributed by atoms with E-state index in [-0.39, 0.29) is 30.2 Å². The lowest BCUT2D eigenvalue weighted by molar-refractivity contribution is -0.116. The Bertz CT molecular complexity index is 824. The van der Waals surface area contributed by atoms with E-state index in [2.05, 4.69) is 15.3 Å². The van der Waals surface area contributed by atoms with Gasteiger partial charge in [0.1, 0.15) is 6.61 Å². The molecule has 0 unspecified atom stereocenters. The highest BCUT2D eigenvalue weighted by atomic mass is 16.5. The summed E-state index contributed by atoms with van der Waals surface area (Å²) in [5.41, 5.74) is 1.22. The quantitative estimate of drug-likeness (QED) is 0.713. The van der Waals surface area contributed by atoms with Gasteiger partial charge in [-0.05, 0) is 12.1 Å². The van der Waals surface area contributed by atoms with Crippen LogP contribution in [0.15, 0.2) is 36.9 Å². The van der Waals surface area contributed by atoms with Gasteiger partial charge in [-0.15, -0.1) is 0 Å². The number of nitrogens with zero attached hydrogens (tertiary/aromatic N) is 3. The molecule has 2 heterocycles. The predicted octanol–water partition coefficient (Wildman–Crippen LogP) is 1.43. The van der Waals surface area contributed by atoms with E-state index in [4.69, 9.17) is 9.84 Å². The molecule has 26 heavy (non-hydrogen) atoms. The Labute approximate surface area is 149 Å². The molecule has 0 aliphatic heterocycles. The Morgan fingerprint density at radius 1 is 1.12 bits per heavy atom. The van der Waals surface area contributed by atoms with Gasteiger partial charge < -0.3 is 20.1 Å². The maximum Gasteiger partial charge on any atom is 0.339 e. The highest BCUT2D eigenvalue weighted by molar-refractivity contribution is 5.94. The number of esters is 1. The first-order valence-electron chi connectivity index (χ1n) is 7.68. The van der Waals surface area contributed by atoms with Crippen LogP contribution < -0.4 is 10.2 Å². The van der Waals surface area contributed by atoms with Gasteiger partial charge in [-0.2, -0.15) is 0 Å². The minimum Gasteiger partial charge on any atom is -0.478 e. The number of hydrogen-bond acceptors (Lipinski definition) is 7. The molecule has 2 rings (SSSR count). The predicted molar refractivity (Wildman–Crippen MR) is 93.3 cm³/mol. The van der Waals surface area contributed by atoms with Gasteiger partial charge in [-0.1, -0.05) is 0 Å². The van der Waals surface area contributed by atoms with Crippen molar-refractivity contribution in [2.75, 3.05) is 30.4 Å². The smallest absolute Gasteiger partial charge is 0.339 e. The zero-order chi connectivity index (χ0) is 19.1. The van der Waals surface area contributed by atoms with E-state index in [9.17, 15) is 14.4 Å². The van der Waals surface area contributed by atoms with Crippen molar-refractivity contribution < 1.29 is 24.2 Å². The zero-order valence-electron chi connectivity index (χ0n) is 14.3. The normalized spacial score (nSPS) is 10.1. The molecule has 2 N–H and O–H groups in total. The number of carboxylic acid groups (broad SMARTS) is 1. The summed E-state index contributed by atoms with van der Waals surface area (Å²) < 4.78 is 5.17. The van der Waals surface area contributed by atoms with Gasteiger partial charge in [0.15, 0.2) is 0 Å². The molecular weight excluding hydrogens is 340 g/mol. The molecule has 0 fully saturated rings. The van der Waals surface area contributed by atoms with Gasteiger partial charge in [0.05, 0.1) is 35.2 Å². The molecule has 0 radical (unpaired) electrons. The molecule has 136 valence electrons. The summed E-state index contributed by atoms with van der Waals surface area (Å²) in [5.74, 6) is -2.05. The van der Waals surface area contributed by atoms with Crippen LogP contribution >= 0.6 is 0 Å². The Kier molecular flexibility index (Phi) is 6.20. The summed E-state index contributed by atoms with van der Waals surface area (Å²) in [7, 11) is 1.70. The number of ether oxygens (including phenoxy) is 1. The molecule has 0 spiro atoms. The van der Waals surface area contributed by atoms with Crippen LogP contribution in [-0.4, -0.2) is 53.1 Å². The first-order chi connectivity index (χ1) is 12.4. The van der Waals surface area contributed by atoms with Crippen molar-refractivity contribution in [1.29, 1.82) is 0 Å². The summed E-state index contributed by atoms with van der Waals surface area (Å²) in [4.78, 5) is 44.0. The maximum absolute atomic E-state index is 12.1. The molecule has 0 bridgehead atoms. The minimum absolute atomic E-state index is 0.0410. The van der Waals surface area contributed by atoms with Crippen molar-refractivity contribution in [2.24, 2.45) is 0 Å². The average Bonchev–Trinajstić information content (AvgIpc) is 2.64. The summed E-state index contributed by atoms with van der Waals surface area (Å²) in [6, 6.07) is 2.93. The lowest BCUT2D eigenvalue weighted by atomic mass is 10.2. The number of rotatable bonds is 7. The minimum atomic E-state index is -1.15. The van der Waals surface area contributed by atoms with Crippen LogP contribution in [-0.2, 0) is 9.53 Å². The first kappa shape index (κ1) is 18.8. The highest BCUT2D eigenvalue weighted by Gasteiger charge is 2.16. The second-order valence-corrected chi connectivity index (χ2v) is 5.26. The largest absolute Gasteiger partial charge is 0.478 e. The maximum atomic E-state index is 12.1. The van der Waals surface area contributed by atoms with Crippen LogP contribution in [0, 0.1) is 0 Å². The van der Waals surface area contributed by atoms with Crippen LogP contribution in [0.2, 0.25) is 0 Å². The summed E-state index contributed by atoms with van der Waals surface area (Å²) >= 11 is 0. The number of carbonyl (C=O) groups is 3. The fourth-order valence-corrected chi connectivity index (χ4v) is 2.16. The van der Waals surface area contributed by atoms with Gasteiger partial charge in [0, 0.05) is 32.6 Å².